The summed E-state index contributed by atoms with van der Waals surface area (Å²) in [6, 6.07) is 17.7. The molecule has 9 nitrogen and oxygen atoms in total. The Morgan fingerprint density at radius 2 is 1.53 bits per heavy atom. The van der Waals surface area contributed by atoms with Crippen molar-refractivity contribution in [2.45, 2.75) is 30.1 Å². The Balaban J connectivity index is 1.66. The largest absolute Gasteiger partial charge is 0.494 e. The number of hydrogen-bond acceptors (Lipinski definition) is 6. The molecule has 1 amide bonds. The van der Waals surface area contributed by atoms with E-state index in [1.807, 2.05) is 13.8 Å². The number of benzene rings is 3. The van der Waals surface area contributed by atoms with Crippen LogP contribution in [0.5, 0.6) is 5.75 Å². The molecule has 0 unspecified atom stereocenters. The van der Waals surface area contributed by atoms with Gasteiger partial charge >= 0.3 is 0 Å². The van der Waals surface area contributed by atoms with E-state index in [4.69, 9.17) is 4.74 Å². The van der Waals surface area contributed by atoms with Gasteiger partial charge in [0.05, 0.1) is 22.1 Å². The number of rotatable bonds is 9. The van der Waals surface area contributed by atoms with Gasteiger partial charge < -0.3 is 9.64 Å². The highest BCUT2D eigenvalue weighted by atomic mass is 32.2. The molecule has 0 aromatic heterocycles. The first-order valence-electron chi connectivity index (χ1n) is 12.1. The predicted octanol–water partition coefficient (Wildman–Crippen LogP) is 3.43. The molecule has 202 valence electrons. The quantitative estimate of drug-likeness (QED) is 0.399. The molecular formula is C27H31N3O6S2. The van der Waals surface area contributed by atoms with Crippen LogP contribution in [0.2, 0.25) is 0 Å². The van der Waals surface area contributed by atoms with E-state index < -0.39 is 32.5 Å². The predicted molar refractivity (Wildman–Crippen MR) is 147 cm³/mol. The van der Waals surface area contributed by atoms with Crippen molar-refractivity contribution < 1.29 is 26.4 Å². The lowest BCUT2D eigenvalue weighted by molar-refractivity contribution is -0.117. The highest BCUT2D eigenvalue weighted by Crippen LogP contribution is 2.32. The third kappa shape index (κ3) is 5.40. The van der Waals surface area contributed by atoms with Crippen molar-refractivity contribution >= 4 is 37.3 Å². The molecule has 1 aliphatic heterocycles. The highest BCUT2D eigenvalue weighted by molar-refractivity contribution is 7.92. The maximum absolute atomic E-state index is 13.7. The number of carbonyl (C=O) groups excluding carboxylic acids is 1. The van der Waals surface area contributed by atoms with Crippen LogP contribution >= 0.6 is 0 Å². The summed E-state index contributed by atoms with van der Waals surface area (Å²) < 4.78 is 60.2. The molecule has 0 fully saturated rings. The second-order valence-electron chi connectivity index (χ2n) is 9.12. The summed E-state index contributed by atoms with van der Waals surface area (Å²) in [6.07, 6.45) is 0.466. The second kappa shape index (κ2) is 10.8. The van der Waals surface area contributed by atoms with Gasteiger partial charge in [-0.15, -0.1) is 0 Å². The summed E-state index contributed by atoms with van der Waals surface area (Å²) in [4.78, 5) is 15.2. The summed E-state index contributed by atoms with van der Waals surface area (Å²) in [7, 11) is -4.79. The Labute approximate surface area is 224 Å². The second-order valence-corrected chi connectivity index (χ2v) is 13.1. The van der Waals surface area contributed by atoms with Gasteiger partial charge in [-0.1, -0.05) is 17.7 Å². The molecule has 0 saturated carbocycles. The zero-order valence-electron chi connectivity index (χ0n) is 21.8. The van der Waals surface area contributed by atoms with Crippen LogP contribution in [0.15, 0.2) is 76.5 Å². The smallest absolute Gasteiger partial charge is 0.264 e. The molecule has 0 N–H and O–H groups in total. The average molecular weight is 558 g/mol. The average Bonchev–Trinajstić information content (AvgIpc) is 3.32. The molecule has 4 rings (SSSR count). The first-order valence-corrected chi connectivity index (χ1v) is 15.0. The molecule has 0 radical (unpaired) electrons. The van der Waals surface area contributed by atoms with Gasteiger partial charge in [-0.3, -0.25) is 9.10 Å². The van der Waals surface area contributed by atoms with Gasteiger partial charge in [-0.05, 0) is 80.4 Å². The Kier molecular flexibility index (Phi) is 7.82. The maximum atomic E-state index is 13.7. The molecule has 0 atom stereocenters. The van der Waals surface area contributed by atoms with E-state index in [9.17, 15) is 21.6 Å². The van der Waals surface area contributed by atoms with Crippen LogP contribution in [0.1, 0.15) is 18.1 Å². The molecule has 0 aliphatic carbocycles. The zero-order chi connectivity index (χ0) is 27.7. The zero-order valence-corrected chi connectivity index (χ0v) is 23.4. The van der Waals surface area contributed by atoms with E-state index in [1.54, 1.807) is 48.5 Å². The normalized spacial score (nSPS) is 13.4. The van der Waals surface area contributed by atoms with Crippen molar-refractivity contribution in [3.63, 3.8) is 0 Å². The van der Waals surface area contributed by atoms with Crippen molar-refractivity contribution in [3.8, 4) is 5.75 Å². The number of anilines is 2. The summed E-state index contributed by atoms with van der Waals surface area (Å²) in [5, 5.41) is 0. The van der Waals surface area contributed by atoms with Gasteiger partial charge in [-0.25, -0.2) is 21.1 Å². The van der Waals surface area contributed by atoms with Crippen LogP contribution in [0.3, 0.4) is 0 Å². The van der Waals surface area contributed by atoms with Crippen molar-refractivity contribution in [2.24, 2.45) is 0 Å². The summed E-state index contributed by atoms with van der Waals surface area (Å²) in [6.45, 7) is 4.09. The summed E-state index contributed by atoms with van der Waals surface area (Å²) >= 11 is 0. The van der Waals surface area contributed by atoms with Crippen LogP contribution in [-0.2, 0) is 31.3 Å². The fourth-order valence-electron chi connectivity index (χ4n) is 4.24. The minimum atomic E-state index is -4.09. The highest BCUT2D eigenvalue weighted by Gasteiger charge is 2.32. The van der Waals surface area contributed by atoms with E-state index in [0.717, 1.165) is 19.7 Å². The van der Waals surface area contributed by atoms with E-state index >= 15 is 0 Å². The number of carbonyl (C=O) groups is 1. The van der Waals surface area contributed by atoms with E-state index in [2.05, 4.69) is 0 Å². The van der Waals surface area contributed by atoms with Gasteiger partial charge in [0.15, 0.2) is 0 Å². The van der Waals surface area contributed by atoms with E-state index in [1.165, 1.54) is 37.2 Å². The molecule has 1 heterocycles. The van der Waals surface area contributed by atoms with E-state index in [0.29, 0.717) is 36.7 Å². The molecule has 1 aliphatic rings. The monoisotopic (exact) mass is 557 g/mol. The van der Waals surface area contributed by atoms with Gasteiger partial charge in [0.1, 0.15) is 12.3 Å². The fraction of sp³-hybridized carbons (Fsp3) is 0.296. The van der Waals surface area contributed by atoms with Crippen LogP contribution in [-0.4, -0.2) is 60.8 Å². The number of sulfonamides is 2. The van der Waals surface area contributed by atoms with Crippen molar-refractivity contribution in [1.29, 1.82) is 0 Å². The Bertz CT molecular complexity index is 1530. The molecular weight excluding hydrogens is 526 g/mol. The Morgan fingerprint density at radius 1 is 0.895 bits per heavy atom. The van der Waals surface area contributed by atoms with Gasteiger partial charge in [0, 0.05) is 26.3 Å². The molecule has 0 saturated heterocycles. The third-order valence-electron chi connectivity index (χ3n) is 6.35. The number of aryl methyl sites for hydroxylation is 1. The van der Waals surface area contributed by atoms with Crippen molar-refractivity contribution in [1.82, 2.24) is 4.31 Å². The minimum Gasteiger partial charge on any atom is -0.494 e. The number of amides is 1. The van der Waals surface area contributed by atoms with E-state index in [-0.39, 0.29) is 9.79 Å². The van der Waals surface area contributed by atoms with Gasteiger partial charge in [0.25, 0.3) is 10.0 Å². The Morgan fingerprint density at radius 3 is 2.13 bits per heavy atom. The summed E-state index contributed by atoms with van der Waals surface area (Å²) in [5.74, 6) is 0.135. The molecule has 38 heavy (non-hydrogen) atoms. The molecule has 0 spiro atoms. The molecule has 3 aromatic carbocycles. The number of hydrogen-bond donors (Lipinski definition) is 0. The lowest BCUT2D eigenvalue weighted by atomic mass is 10.2. The first-order chi connectivity index (χ1) is 17.9. The SMILES string of the molecule is CCOc1ccc(S(=O)(=O)N(CC(=O)N2CCc3cc(S(=O)(=O)N(C)C)ccc32)c2ccc(C)cc2)cc1. The van der Waals surface area contributed by atoms with Crippen LogP contribution in [0.25, 0.3) is 0 Å². The van der Waals surface area contributed by atoms with Gasteiger partial charge in [0.2, 0.25) is 15.9 Å². The molecule has 0 bridgehead atoms. The lowest BCUT2D eigenvalue weighted by Gasteiger charge is -2.27. The number of fused-ring (bicyclic) bond motifs is 1. The molecule has 3 aromatic rings. The van der Waals surface area contributed by atoms with Crippen molar-refractivity contribution in [2.75, 3.05) is 43.0 Å². The topological polar surface area (TPSA) is 104 Å². The standard InChI is InChI=1S/C27H31N3O6S2/c1-5-36-23-10-12-24(13-11-23)38(34,35)30(22-8-6-20(2)7-9-22)19-27(31)29-17-16-21-18-25(14-15-26(21)29)37(32,33)28(3)4/h6-15,18H,5,16-17,19H2,1-4H3. The van der Waals surface area contributed by atoms with Crippen molar-refractivity contribution in [3.05, 3.63) is 77.9 Å². The van der Waals surface area contributed by atoms with Gasteiger partial charge in [-0.2, -0.15) is 0 Å². The van der Waals surface area contributed by atoms with Crippen LogP contribution in [0.4, 0.5) is 11.4 Å². The third-order valence-corrected chi connectivity index (χ3v) is 9.95. The Hall–Kier alpha value is -3.41. The number of nitrogens with zero attached hydrogens (tertiary/aromatic N) is 3. The van der Waals surface area contributed by atoms with Crippen LogP contribution < -0.4 is 13.9 Å². The summed E-state index contributed by atoms with van der Waals surface area (Å²) in [5.41, 5.74) is 2.62. The molecule has 11 heteroatoms. The minimum absolute atomic E-state index is 0.0367. The first kappa shape index (κ1) is 27.6. The number of ether oxygens (including phenoxy) is 1. The maximum Gasteiger partial charge on any atom is 0.264 e. The van der Waals surface area contributed by atoms with Crippen LogP contribution in [0, 0.1) is 6.92 Å². The lowest BCUT2D eigenvalue weighted by Crippen LogP contribution is -2.42. The fourth-order valence-corrected chi connectivity index (χ4v) is 6.61.